The van der Waals surface area contributed by atoms with E-state index in [0.29, 0.717) is 12.8 Å². The van der Waals surface area contributed by atoms with E-state index in [-0.39, 0.29) is 34.9 Å². The third-order valence-corrected chi connectivity index (χ3v) is 6.14. The highest BCUT2D eigenvalue weighted by molar-refractivity contribution is 7.91. The Morgan fingerprint density at radius 1 is 1.32 bits per heavy atom. The number of phenolic OH excluding ortho intramolecular Hbond substituents is 1. The third-order valence-electron chi connectivity index (χ3n) is 4.39. The molecule has 0 radical (unpaired) electrons. The van der Waals surface area contributed by atoms with Crippen molar-refractivity contribution in [2.75, 3.05) is 18.1 Å². The fourth-order valence-electron chi connectivity index (χ4n) is 2.88. The zero-order valence-corrected chi connectivity index (χ0v) is 15.2. The standard InChI is InChI=1S/C17H23NO6S/c1-3-12(2)18(14-8-9-25(22,23)11-14)16(20)10-24-17(21)13-4-6-15(19)7-5-13/h4-7,12,14,19H,3,8-11H2,1-2H3. The number of benzene rings is 1. The Hall–Kier alpha value is -2.09. The van der Waals surface area contributed by atoms with Gasteiger partial charge in [0.2, 0.25) is 0 Å². The summed E-state index contributed by atoms with van der Waals surface area (Å²) in [4.78, 5) is 26.1. The summed E-state index contributed by atoms with van der Waals surface area (Å²) >= 11 is 0. The molecule has 7 nitrogen and oxygen atoms in total. The summed E-state index contributed by atoms with van der Waals surface area (Å²) in [5.41, 5.74) is 0.226. The number of rotatable bonds is 6. The molecule has 1 heterocycles. The molecule has 1 saturated heterocycles. The predicted molar refractivity (Wildman–Crippen MR) is 92.0 cm³/mol. The van der Waals surface area contributed by atoms with Gasteiger partial charge >= 0.3 is 5.97 Å². The minimum Gasteiger partial charge on any atom is -0.508 e. The van der Waals surface area contributed by atoms with Crippen molar-refractivity contribution in [1.29, 1.82) is 0 Å². The summed E-state index contributed by atoms with van der Waals surface area (Å²) in [6.07, 6.45) is 1.08. The van der Waals surface area contributed by atoms with E-state index in [0.717, 1.165) is 0 Å². The lowest BCUT2D eigenvalue weighted by atomic mass is 10.1. The fourth-order valence-corrected chi connectivity index (χ4v) is 4.59. The Balaban J connectivity index is 2.02. The van der Waals surface area contributed by atoms with E-state index in [1.54, 1.807) is 0 Å². The summed E-state index contributed by atoms with van der Waals surface area (Å²) in [6.45, 7) is 3.32. The van der Waals surface area contributed by atoms with Gasteiger partial charge in [0, 0.05) is 12.1 Å². The first-order valence-corrected chi connectivity index (χ1v) is 10.0. The summed E-state index contributed by atoms with van der Waals surface area (Å²) < 4.78 is 28.5. The molecule has 1 aliphatic rings. The minimum atomic E-state index is -3.12. The van der Waals surface area contributed by atoms with E-state index >= 15 is 0 Å². The highest BCUT2D eigenvalue weighted by atomic mass is 32.2. The van der Waals surface area contributed by atoms with Crippen LogP contribution in [0, 0.1) is 0 Å². The monoisotopic (exact) mass is 369 g/mol. The second-order valence-electron chi connectivity index (χ2n) is 6.24. The van der Waals surface area contributed by atoms with Crippen molar-refractivity contribution in [3.8, 4) is 5.75 Å². The van der Waals surface area contributed by atoms with Gasteiger partial charge in [-0.05, 0) is 44.0 Å². The SMILES string of the molecule is CCC(C)N(C(=O)COC(=O)c1ccc(O)cc1)C1CCS(=O)(=O)C1. The molecule has 0 bridgehead atoms. The van der Waals surface area contributed by atoms with Crippen molar-refractivity contribution >= 4 is 21.7 Å². The lowest BCUT2D eigenvalue weighted by Crippen LogP contribution is -2.48. The maximum atomic E-state index is 12.5. The quantitative estimate of drug-likeness (QED) is 0.760. The van der Waals surface area contributed by atoms with Gasteiger partial charge in [0.05, 0.1) is 17.1 Å². The number of hydrogen-bond donors (Lipinski definition) is 1. The van der Waals surface area contributed by atoms with E-state index in [2.05, 4.69) is 0 Å². The lowest BCUT2D eigenvalue weighted by Gasteiger charge is -2.33. The molecular weight excluding hydrogens is 346 g/mol. The van der Waals surface area contributed by atoms with Crippen molar-refractivity contribution in [1.82, 2.24) is 4.90 Å². The van der Waals surface area contributed by atoms with E-state index in [1.807, 2.05) is 13.8 Å². The predicted octanol–water partition coefficient (Wildman–Crippen LogP) is 1.36. The molecule has 2 atom stereocenters. The Bertz CT molecular complexity index is 728. The fraction of sp³-hybridized carbons (Fsp3) is 0.529. The van der Waals surface area contributed by atoms with Gasteiger partial charge in [-0.15, -0.1) is 0 Å². The number of esters is 1. The van der Waals surface area contributed by atoms with Crippen LogP contribution < -0.4 is 0 Å². The van der Waals surface area contributed by atoms with Gasteiger partial charge in [0.1, 0.15) is 5.75 Å². The van der Waals surface area contributed by atoms with Crippen LogP contribution in [0.5, 0.6) is 5.75 Å². The van der Waals surface area contributed by atoms with Crippen LogP contribution in [0.2, 0.25) is 0 Å². The largest absolute Gasteiger partial charge is 0.508 e. The molecule has 25 heavy (non-hydrogen) atoms. The third kappa shape index (κ3) is 4.94. The highest BCUT2D eigenvalue weighted by Gasteiger charge is 2.36. The molecule has 1 aromatic carbocycles. The van der Waals surface area contributed by atoms with E-state index < -0.39 is 28.3 Å². The number of carbonyl (C=O) groups is 2. The van der Waals surface area contributed by atoms with Crippen LogP contribution in [0.4, 0.5) is 0 Å². The minimum absolute atomic E-state index is 0.0259. The topological polar surface area (TPSA) is 101 Å². The first kappa shape index (κ1) is 19.2. The van der Waals surface area contributed by atoms with Crippen LogP contribution in [-0.2, 0) is 19.4 Å². The summed E-state index contributed by atoms with van der Waals surface area (Å²) in [7, 11) is -3.12. The number of ether oxygens (including phenoxy) is 1. The van der Waals surface area contributed by atoms with Crippen LogP contribution >= 0.6 is 0 Å². The molecule has 0 spiro atoms. The van der Waals surface area contributed by atoms with Crippen molar-refractivity contribution in [3.63, 3.8) is 0 Å². The number of aromatic hydroxyl groups is 1. The molecule has 1 fully saturated rings. The number of phenols is 1. The summed E-state index contributed by atoms with van der Waals surface area (Å²) in [6, 6.07) is 4.99. The van der Waals surface area contributed by atoms with Gasteiger partial charge in [0.25, 0.3) is 5.91 Å². The molecule has 0 aromatic heterocycles. The molecule has 0 aliphatic carbocycles. The zero-order chi connectivity index (χ0) is 18.6. The first-order chi connectivity index (χ1) is 11.7. The maximum Gasteiger partial charge on any atom is 0.338 e. The smallest absolute Gasteiger partial charge is 0.338 e. The first-order valence-electron chi connectivity index (χ1n) is 8.21. The lowest BCUT2D eigenvalue weighted by molar-refractivity contribution is -0.138. The second-order valence-corrected chi connectivity index (χ2v) is 8.47. The molecule has 138 valence electrons. The van der Waals surface area contributed by atoms with E-state index in [1.165, 1.54) is 29.2 Å². The Labute approximate surface area is 147 Å². The number of hydrogen-bond acceptors (Lipinski definition) is 6. The van der Waals surface area contributed by atoms with E-state index in [4.69, 9.17) is 4.74 Å². The molecular formula is C17H23NO6S. The van der Waals surface area contributed by atoms with Crippen molar-refractivity contribution in [2.24, 2.45) is 0 Å². The van der Waals surface area contributed by atoms with Gasteiger partial charge in [-0.3, -0.25) is 4.79 Å². The Kier molecular flexibility index (Phi) is 6.05. The van der Waals surface area contributed by atoms with Crippen LogP contribution in [0.15, 0.2) is 24.3 Å². The molecule has 8 heteroatoms. The van der Waals surface area contributed by atoms with Crippen LogP contribution in [0.25, 0.3) is 0 Å². The van der Waals surface area contributed by atoms with Crippen LogP contribution in [0.3, 0.4) is 0 Å². The average Bonchev–Trinajstić information content (AvgIpc) is 2.92. The second kappa shape index (κ2) is 7.86. The van der Waals surface area contributed by atoms with Crippen molar-refractivity contribution in [3.05, 3.63) is 29.8 Å². The molecule has 1 amide bonds. The molecule has 2 rings (SSSR count). The van der Waals surface area contributed by atoms with Gasteiger partial charge in [0.15, 0.2) is 16.4 Å². The number of sulfone groups is 1. The van der Waals surface area contributed by atoms with Crippen molar-refractivity contribution in [2.45, 2.75) is 38.8 Å². The van der Waals surface area contributed by atoms with E-state index in [9.17, 15) is 23.1 Å². The van der Waals surface area contributed by atoms with Crippen molar-refractivity contribution < 1.29 is 27.9 Å². The molecule has 1 aliphatic heterocycles. The number of amides is 1. The summed E-state index contributed by atoms with van der Waals surface area (Å²) in [5, 5.41) is 9.22. The molecule has 1 aromatic rings. The highest BCUT2D eigenvalue weighted by Crippen LogP contribution is 2.21. The van der Waals surface area contributed by atoms with Crippen LogP contribution in [-0.4, -0.2) is 60.5 Å². The molecule has 1 N–H and O–H groups in total. The van der Waals surface area contributed by atoms with Crippen LogP contribution in [0.1, 0.15) is 37.0 Å². The number of nitrogens with zero attached hydrogens (tertiary/aromatic N) is 1. The summed E-state index contributed by atoms with van der Waals surface area (Å²) in [5.74, 6) is -1.02. The molecule has 0 saturated carbocycles. The Morgan fingerprint density at radius 3 is 2.48 bits per heavy atom. The maximum absolute atomic E-state index is 12.5. The molecule has 2 unspecified atom stereocenters. The van der Waals surface area contributed by atoms with Gasteiger partial charge < -0.3 is 14.7 Å². The van der Waals surface area contributed by atoms with Gasteiger partial charge in [-0.1, -0.05) is 6.92 Å². The van der Waals surface area contributed by atoms with Gasteiger partial charge in [-0.2, -0.15) is 0 Å². The average molecular weight is 369 g/mol. The number of carbonyl (C=O) groups excluding carboxylic acids is 2. The normalized spacial score (nSPS) is 20.0. The zero-order valence-electron chi connectivity index (χ0n) is 14.3. The van der Waals surface area contributed by atoms with Gasteiger partial charge in [-0.25, -0.2) is 13.2 Å². The Morgan fingerprint density at radius 2 is 1.96 bits per heavy atom.